The number of hydrogen-bond donors (Lipinski definition) is 0. The van der Waals surface area contributed by atoms with E-state index in [-0.39, 0.29) is 17.3 Å². The summed E-state index contributed by atoms with van der Waals surface area (Å²) in [4.78, 5) is 24.0. The molecule has 0 aromatic carbocycles. The van der Waals surface area contributed by atoms with Crippen molar-refractivity contribution in [1.29, 1.82) is 0 Å². The molecule has 2 nitrogen and oxygen atoms in total. The van der Waals surface area contributed by atoms with Crippen LogP contribution in [0.15, 0.2) is 0 Å². The monoisotopic (exact) mass is 220 g/mol. The van der Waals surface area contributed by atoms with Crippen LogP contribution in [-0.2, 0) is 9.59 Å². The van der Waals surface area contributed by atoms with Crippen LogP contribution in [0, 0.1) is 23.2 Å². The van der Waals surface area contributed by atoms with E-state index in [1.165, 1.54) is 6.42 Å². The van der Waals surface area contributed by atoms with Crippen molar-refractivity contribution in [1.82, 2.24) is 0 Å². The van der Waals surface area contributed by atoms with Crippen LogP contribution in [0.1, 0.15) is 51.9 Å². The highest BCUT2D eigenvalue weighted by molar-refractivity contribution is 5.87. The van der Waals surface area contributed by atoms with Gasteiger partial charge in [-0.25, -0.2) is 0 Å². The molecule has 0 aromatic rings. The van der Waals surface area contributed by atoms with Gasteiger partial charge < -0.3 is 0 Å². The maximum atomic E-state index is 12.0. The van der Waals surface area contributed by atoms with Crippen molar-refractivity contribution in [2.45, 2.75) is 51.9 Å². The van der Waals surface area contributed by atoms with Crippen LogP contribution in [0.3, 0.4) is 0 Å². The third-order valence-corrected chi connectivity index (χ3v) is 5.50. The molecule has 3 saturated carbocycles. The summed E-state index contributed by atoms with van der Waals surface area (Å²) in [6.45, 7) is 2.28. The lowest BCUT2D eigenvalue weighted by molar-refractivity contribution is -0.130. The first-order valence-corrected chi connectivity index (χ1v) is 6.68. The van der Waals surface area contributed by atoms with Gasteiger partial charge in [-0.3, -0.25) is 9.59 Å². The molecule has 0 unspecified atom stereocenters. The second-order valence-corrected chi connectivity index (χ2v) is 6.19. The molecule has 0 N–H and O–H groups in total. The molecule has 16 heavy (non-hydrogen) atoms. The Bertz CT molecular complexity index is 347. The molecule has 0 heterocycles. The molecule has 2 heteroatoms. The second kappa shape index (κ2) is 3.41. The summed E-state index contributed by atoms with van der Waals surface area (Å²) >= 11 is 0. The first-order valence-electron chi connectivity index (χ1n) is 6.68. The van der Waals surface area contributed by atoms with Crippen molar-refractivity contribution in [2.24, 2.45) is 23.2 Å². The Kier molecular flexibility index (Phi) is 2.24. The highest BCUT2D eigenvalue weighted by atomic mass is 16.1. The third-order valence-electron chi connectivity index (χ3n) is 5.50. The normalized spacial score (nSPS) is 47.7. The van der Waals surface area contributed by atoms with E-state index in [0.29, 0.717) is 17.5 Å². The van der Waals surface area contributed by atoms with Gasteiger partial charge in [0.1, 0.15) is 11.6 Å². The smallest absolute Gasteiger partial charge is 0.136 e. The van der Waals surface area contributed by atoms with Crippen molar-refractivity contribution in [2.75, 3.05) is 0 Å². The fraction of sp³-hybridized carbons (Fsp3) is 0.857. The fourth-order valence-electron chi connectivity index (χ4n) is 4.65. The molecule has 0 bridgehead atoms. The zero-order valence-electron chi connectivity index (χ0n) is 10.00. The molecular weight excluding hydrogens is 200 g/mol. The SMILES string of the molecule is C[C@]12CCCC(=O)[C@H]1C[C@@H]1C(=O)CCC[C@@H]12. The van der Waals surface area contributed by atoms with E-state index < -0.39 is 0 Å². The number of rotatable bonds is 0. The molecule has 3 aliphatic rings. The van der Waals surface area contributed by atoms with Gasteiger partial charge >= 0.3 is 0 Å². The fourth-order valence-corrected chi connectivity index (χ4v) is 4.65. The molecule has 3 fully saturated rings. The molecule has 3 rings (SSSR count). The molecular formula is C14H20O2. The summed E-state index contributed by atoms with van der Waals surface area (Å²) < 4.78 is 0. The maximum absolute atomic E-state index is 12.0. The van der Waals surface area contributed by atoms with E-state index in [1.54, 1.807) is 0 Å². The van der Waals surface area contributed by atoms with Crippen LogP contribution in [0.5, 0.6) is 0 Å². The van der Waals surface area contributed by atoms with Crippen molar-refractivity contribution < 1.29 is 9.59 Å². The van der Waals surface area contributed by atoms with Crippen molar-refractivity contribution in [3.63, 3.8) is 0 Å². The van der Waals surface area contributed by atoms with Gasteiger partial charge in [0.15, 0.2) is 0 Å². The summed E-state index contributed by atoms with van der Waals surface area (Å²) in [6.07, 6.45) is 6.83. The average Bonchev–Trinajstić information content (AvgIpc) is 2.55. The topological polar surface area (TPSA) is 34.1 Å². The van der Waals surface area contributed by atoms with Gasteiger partial charge in [0.05, 0.1) is 0 Å². The molecule has 0 saturated heterocycles. The van der Waals surface area contributed by atoms with E-state index in [0.717, 1.165) is 38.5 Å². The Labute approximate surface area is 96.8 Å². The molecule has 0 spiro atoms. The summed E-state index contributed by atoms with van der Waals surface area (Å²) in [5, 5.41) is 0. The largest absolute Gasteiger partial charge is 0.299 e. The highest BCUT2D eigenvalue weighted by Gasteiger charge is 2.57. The lowest BCUT2D eigenvalue weighted by atomic mass is 9.62. The van der Waals surface area contributed by atoms with E-state index in [1.807, 2.05) is 0 Å². The van der Waals surface area contributed by atoms with E-state index in [2.05, 4.69) is 6.92 Å². The van der Waals surface area contributed by atoms with Gasteiger partial charge in [-0.05, 0) is 43.4 Å². The summed E-state index contributed by atoms with van der Waals surface area (Å²) in [5.41, 5.74) is 0.163. The zero-order chi connectivity index (χ0) is 11.3. The molecule has 0 amide bonds. The maximum Gasteiger partial charge on any atom is 0.136 e. The minimum atomic E-state index is 0.163. The number of ketones is 2. The Hall–Kier alpha value is -0.660. The molecule has 88 valence electrons. The second-order valence-electron chi connectivity index (χ2n) is 6.19. The van der Waals surface area contributed by atoms with Gasteiger partial charge in [0.2, 0.25) is 0 Å². The number of carbonyl (C=O) groups is 2. The van der Waals surface area contributed by atoms with Crippen molar-refractivity contribution >= 4 is 11.6 Å². The highest BCUT2D eigenvalue weighted by Crippen LogP contribution is 2.59. The molecule has 0 radical (unpaired) electrons. The van der Waals surface area contributed by atoms with Crippen LogP contribution in [0.4, 0.5) is 0 Å². The van der Waals surface area contributed by atoms with Crippen LogP contribution < -0.4 is 0 Å². The van der Waals surface area contributed by atoms with Gasteiger partial charge in [-0.1, -0.05) is 6.92 Å². The van der Waals surface area contributed by atoms with E-state index >= 15 is 0 Å². The van der Waals surface area contributed by atoms with Gasteiger partial charge in [0, 0.05) is 24.7 Å². The predicted octanol–water partition coefficient (Wildman–Crippen LogP) is 2.75. The standard InChI is InChI=1S/C14H20O2/c1-14-7-3-6-13(16)11(14)8-9-10(14)4-2-5-12(9)15/h9-11H,2-8H2,1H3/t9-,10-,11+,14+/m0/s1. The summed E-state index contributed by atoms with van der Waals surface area (Å²) in [5.74, 6) is 1.84. The van der Waals surface area contributed by atoms with Gasteiger partial charge in [0.25, 0.3) is 0 Å². The van der Waals surface area contributed by atoms with Gasteiger partial charge in [-0.2, -0.15) is 0 Å². The first-order chi connectivity index (χ1) is 7.63. The van der Waals surface area contributed by atoms with Crippen LogP contribution in [0.2, 0.25) is 0 Å². The Morgan fingerprint density at radius 1 is 1.12 bits per heavy atom. The Morgan fingerprint density at radius 3 is 2.69 bits per heavy atom. The molecule has 3 aliphatic carbocycles. The predicted molar refractivity (Wildman–Crippen MR) is 60.9 cm³/mol. The number of Topliss-reactive ketones (excluding diaryl/α,β-unsaturated/α-hetero) is 2. The number of hydrogen-bond acceptors (Lipinski definition) is 2. The minimum absolute atomic E-state index is 0.163. The van der Waals surface area contributed by atoms with Gasteiger partial charge in [-0.15, -0.1) is 0 Å². The lowest BCUT2D eigenvalue weighted by Gasteiger charge is -2.41. The third kappa shape index (κ3) is 1.25. The molecule has 4 atom stereocenters. The average molecular weight is 220 g/mol. The van der Waals surface area contributed by atoms with Crippen molar-refractivity contribution in [3.8, 4) is 0 Å². The molecule has 0 aromatic heterocycles. The van der Waals surface area contributed by atoms with Crippen LogP contribution in [-0.4, -0.2) is 11.6 Å². The minimum Gasteiger partial charge on any atom is -0.299 e. The van der Waals surface area contributed by atoms with Crippen molar-refractivity contribution in [3.05, 3.63) is 0 Å². The first kappa shape index (κ1) is 10.5. The summed E-state index contributed by atoms with van der Waals surface area (Å²) in [6, 6.07) is 0. The number of carbonyl (C=O) groups excluding carboxylic acids is 2. The number of fused-ring (bicyclic) bond motifs is 3. The zero-order valence-corrected chi connectivity index (χ0v) is 10.00. The Morgan fingerprint density at radius 2 is 1.88 bits per heavy atom. The van der Waals surface area contributed by atoms with E-state index in [4.69, 9.17) is 0 Å². The summed E-state index contributed by atoms with van der Waals surface area (Å²) in [7, 11) is 0. The van der Waals surface area contributed by atoms with Crippen LogP contribution in [0.25, 0.3) is 0 Å². The lowest BCUT2D eigenvalue weighted by Crippen LogP contribution is -2.39. The van der Waals surface area contributed by atoms with Crippen LogP contribution >= 0.6 is 0 Å². The van der Waals surface area contributed by atoms with E-state index in [9.17, 15) is 9.59 Å². The molecule has 0 aliphatic heterocycles. The Balaban J connectivity index is 1.96. The quantitative estimate of drug-likeness (QED) is 0.629.